The maximum absolute atomic E-state index is 12.8. The van der Waals surface area contributed by atoms with E-state index in [1.807, 2.05) is 0 Å². The smallest absolute Gasteiger partial charge is 0.277 e. The van der Waals surface area contributed by atoms with Crippen LogP contribution in [-0.2, 0) is 4.79 Å². The van der Waals surface area contributed by atoms with E-state index in [1.165, 1.54) is 40.3 Å². The number of carbonyl (C=O) groups is 3. The normalized spacial score (nSPS) is 12.9. The van der Waals surface area contributed by atoms with Gasteiger partial charge >= 0.3 is 0 Å². The minimum Gasteiger partial charge on any atom is -0.482 e. The molecular formula is C28H16Cl2N4O5S2. The molecule has 0 atom stereocenters. The molecule has 3 heterocycles. The van der Waals surface area contributed by atoms with Crippen LogP contribution in [0.15, 0.2) is 91.7 Å². The highest BCUT2D eigenvalue weighted by Crippen LogP contribution is 2.37. The lowest BCUT2D eigenvalue weighted by Gasteiger charge is -2.13. The highest BCUT2D eigenvalue weighted by atomic mass is 35.5. The van der Waals surface area contributed by atoms with Gasteiger partial charge in [0.1, 0.15) is 11.5 Å². The third-order valence-corrected chi connectivity index (χ3v) is 8.36. The number of imide groups is 1. The minimum atomic E-state index is -0.483. The highest BCUT2D eigenvalue weighted by molar-refractivity contribution is 8.01. The van der Waals surface area contributed by atoms with Crippen molar-refractivity contribution in [3.8, 4) is 5.75 Å². The molecule has 0 saturated heterocycles. The molecule has 204 valence electrons. The summed E-state index contributed by atoms with van der Waals surface area (Å²) in [6.45, 7) is -0.287. The van der Waals surface area contributed by atoms with Crippen LogP contribution in [0.4, 0.5) is 5.69 Å². The summed E-state index contributed by atoms with van der Waals surface area (Å²) < 4.78 is 12.7. The Balaban J connectivity index is 1.07. The number of benzene rings is 3. The summed E-state index contributed by atoms with van der Waals surface area (Å²) in [6, 6.07) is 20.2. The number of aromatic nitrogens is 1. The van der Waals surface area contributed by atoms with Crippen LogP contribution in [-0.4, -0.2) is 35.5 Å². The molecule has 3 aromatic carbocycles. The second kappa shape index (κ2) is 11.4. The van der Waals surface area contributed by atoms with E-state index in [9.17, 15) is 14.4 Å². The standard InChI is InChI=1S/C28H16Cl2N4O5S2/c29-15-5-9-22(20(30)11-15)38-14-24(35)33-31-13-17-7-10-25(39-17)41-28-32-21-8-6-16(12-23(21)40-28)34-26(36)18-3-1-2-4-19(18)27(34)37/h1-13H,14H2,(H,33,35)/b31-13-. The number of carbonyl (C=O) groups excluding carboxylic acids is 3. The van der Waals surface area contributed by atoms with Gasteiger partial charge in [-0.1, -0.05) is 35.3 Å². The fourth-order valence-corrected chi connectivity index (χ4v) is 6.44. The molecule has 0 bridgehead atoms. The number of thiazole rings is 1. The number of nitrogens with one attached hydrogen (secondary N) is 1. The average Bonchev–Trinajstić information content (AvgIpc) is 3.64. The zero-order valence-electron chi connectivity index (χ0n) is 20.7. The van der Waals surface area contributed by atoms with Gasteiger partial charge in [0.25, 0.3) is 17.7 Å². The number of hydrogen-bond donors (Lipinski definition) is 1. The van der Waals surface area contributed by atoms with E-state index in [2.05, 4.69) is 15.5 Å². The van der Waals surface area contributed by atoms with E-state index < -0.39 is 5.91 Å². The molecule has 6 rings (SSSR count). The van der Waals surface area contributed by atoms with Crippen LogP contribution in [0.5, 0.6) is 5.75 Å². The zero-order valence-corrected chi connectivity index (χ0v) is 23.8. The Kier molecular flexibility index (Phi) is 7.50. The van der Waals surface area contributed by atoms with Crippen molar-refractivity contribution in [3.63, 3.8) is 0 Å². The third kappa shape index (κ3) is 5.70. The molecule has 0 fully saturated rings. The van der Waals surface area contributed by atoms with Gasteiger partial charge in [0.15, 0.2) is 16.0 Å². The number of rotatable bonds is 8. The van der Waals surface area contributed by atoms with E-state index in [-0.39, 0.29) is 18.4 Å². The van der Waals surface area contributed by atoms with Gasteiger partial charge in [-0.25, -0.2) is 15.3 Å². The lowest BCUT2D eigenvalue weighted by atomic mass is 10.1. The van der Waals surface area contributed by atoms with E-state index in [4.69, 9.17) is 32.4 Å². The number of amides is 3. The lowest BCUT2D eigenvalue weighted by molar-refractivity contribution is -0.123. The first-order chi connectivity index (χ1) is 19.9. The predicted molar refractivity (Wildman–Crippen MR) is 158 cm³/mol. The largest absolute Gasteiger partial charge is 0.482 e. The summed E-state index contributed by atoms with van der Waals surface area (Å²) in [7, 11) is 0. The van der Waals surface area contributed by atoms with Gasteiger partial charge in [-0.2, -0.15) is 5.10 Å². The van der Waals surface area contributed by atoms with E-state index >= 15 is 0 Å². The van der Waals surface area contributed by atoms with Crippen molar-refractivity contribution >= 4 is 86.1 Å². The van der Waals surface area contributed by atoms with Crippen LogP contribution in [0.3, 0.4) is 0 Å². The summed E-state index contributed by atoms with van der Waals surface area (Å²) in [5.74, 6) is -0.420. The molecule has 13 heteroatoms. The molecule has 5 aromatic rings. The van der Waals surface area contributed by atoms with Gasteiger partial charge in [-0.05, 0) is 72.4 Å². The van der Waals surface area contributed by atoms with Crippen molar-refractivity contribution in [2.45, 2.75) is 9.43 Å². The maximum Gasteiger partial charge on any atom is 0.277 e. The van der Waals surface area contributed by atoms with Crippen molar-refractivity contribution < 1.29 is 23.5 Å². The van der Waals surface area contributed by atoms with Crippen LogP contribution in [0.1, 0.15) is 26.5 Å². The molecule has 2 aromatic heterocycles. The molecule has 0 radical (unpaired) electrons. The van der Waals surface area contributed by atoms with E-state index in [0.717, 1.165) is 10.2 Å². The number of halogens is 2. The third-order valence-electron chi connectivity index (χ3n) is 5.83. The Morgan fingerprint density at radius 3 is 2.59 bits per heavy atom. The molecule has 41 heavy (non-hydrogen) atoms. The molecule has 0 spiro atoms. The monoisotopic (exact) mass is 622 g/mol. The summed E-state index contributed by atoms with van der Waals surface area (Å²) in [6.07, 6.45) is 1.37. The average molecular weight is 623 g/mol. The van der Waals surface area contributed by atoms with Gasteiger partial charge in [-0.3, -0.25) is 14.4 Å². The number of anilines is 1. The molecule has 0 unspecified atom stereocenters. The second-order valence-corrected chi connectivity index (χ2v) is 11.7. The Labute approximate surface area is 250 Å². The SMILES string of the molecule is O=C(COc1ccc(Cl)cc1Cl)N/N=C\c1ccc(Sc2nc3ccc(N4C(=O)c5ccccc5C4=O)cc3s2)o1. The van der Waals surface area contributed by atoms with Crippen molar-refractivity contribution in [2.75, 3.05) is 11.5 Å². The van der Waals surface area contributed by atoms with E-state index in [1.54, 1.807) is 66.7 Å². The van der Waals surface area contributed by atoms with Gasteiger partial charge in [0, 0.05) is 5.02 Å². The molecule has 0 saturated carbocycles. The van der Waals surface area contributed by atoms with Gasteiger partial charge in [-0.15, -0.1) is 11.3 Å². The minimum absolute atomic E-state index is 0.287. The maximum atomic E-state index is 12.8. The number of furan rings is 1. The molecule has 3 amide bonds. The van der Waals surface area contributed by atoms with Crippen LogP contribution in [0.2, 0.25) is 10.0 Å². The van der Waals surface area contributed by atoms with Crippen molar-refractivity contribution in [1.29, 1.82) is 0 Å². The first-order valence-corrected chi connectivity index (χ1v) is 14.3. The van der Waals surface area contributed by atoms with Gasteiger partial charge < -0.3 is 9.15 Å². The zero-order chi connectivity index (χ0) is 28.5. The summed E-state index contributed by atoms with van der Waals surface area (Å²) in [5.41, 5.74) is 4.37. The Morgan fingerprint density at radius 2 is 1.83 bits per heavy atom. The van der Waals surface area contributed by atoms with E-state index in [0.29, 0.717) is 47.8 Å². The Hall–Kier alpha value is -4.16. The molecule has 1 aliphatic heterocycles. The predicted octanol–water partition coefficient (Wildman–Crippen LogP) is 6.68. The van der Waals surface area contributed by atoms with Crippen LogP contribution < -0.4 is 15.1 Å². The topological polar surface area (TPSA) is 114 Å². The first kappa shape index (κ1) is 27.0. The van der Waals surface area contributed by atoms with Crippen LogP contribution in [0.25, 0.3) is 10.2 Å². The number of ether oxygens (including phenoxy) is 1. The first-order valence-electron chi connectivity index (χ1n) is 11.9. The van der Waals surface area contributed by atoms with Crippen molar-refractivity contribution in [1.82, 2.24) is 10.4 Å². The van der Waals surface area contributed by atoms with Crippen LogP contribution >= 0.6 is 46.3 Å². The number of hydrazone groups is 1. The number of nitrogens with zero attached hydrogens (tertiary/aromatic N) is 3. The molecule has 9 nitrogen and oxygen atoms in total. The lowest BCUT2D eigenvalue weighted by Crippen LogP contribution is -2.29. The Bertz CT molecular complexity index is 1830. The van der Waals surface area contributed by atoms with Crippen molar-refractivity contribution in [3.05, 3.63) is 99.7 Å². The van der Waals surface area contributed by atoms with Crippen LogP contribution in [0, 0.1) is 0 Å². The Morgan fingerprint density at radius 1 is 1.05 bits per heavy atom. The number of hydrogen-bond acceptors (Lipinski definition) is 9. The fraction of sp³-hybridized carbons (Fsp3) is 0.0357. The highest BCUT2D eigenvalue weighted by Gasteiger charge is 2.36. The molecule has 0 aliphatic carbocycles. The van der Waals surface area contributed by atoms with Gasteiger partial charge in [0.2, 0.25) is 0 Å². The summed E-state index contributed by atoms with van der Waals surface area (Å²) >= 11 is 14.6. The number of fused-ring (bicyclic) bond motifs is 2. The molecule has 1 N–H and O–H groups in total. The summed E-state index contributed by atoms with van der Waals surface area (Å²) in [4.78, 5) is 43.5. The molecular weight excluding hydrogens is 607 g/mol. The summed E-state index contributed by atoms with van der Waals surface area (Å²) in [5, 5.41) is 5.21. The fourth-order valence-electron chi connectivity index (χ4n) is 3.98. The second-order valence-electron chi connectivity index (χ2n) is 8.54. The quantitative estimate of drug-likeness (QED) is 0.117. The van der Waals surface area contributed by atoms with Gasteiger partial charge in [0.05, 0.1) is 38.3 Å². The van der Waals surface area contributed by atoms with Crippen molar-refractivity contribution in [2.24, 2.45) is 5.10 Å². The molecule has 1 aliphatic rings.